The lowest BCUT2D eigenvalue weighted by molar-refractivity contribution is 0.100. The second-order valence-corrected chi connectivity index (χ2v) is 7.25. The van der Waals surface area contributed by atoms with E-state index in [0.29, 0.717) is 16.9 Å². The third kappa shape index (κ3) is 3.31. The van der Waals surface area contributed by atoms with Crippen LogP contribution in [-0.4, -0.2) is 47.2 Å². The maximum atomic E-state index is 11.8. The van der Waals surface area contributed by atoms with Crippen LogP contribution in [0.4, 0.5) is 5.82 Å². The number of ether oxygens (including phenoxy) is 2. The van der Waals surface area contributed by atoms with Gasteiger partial charge in [-0.2, -0.15) is 0 Å². The van der Waals surface area contributed by atoms with E-state index in [9.17, 15) is 4.79 Å². The first-order valence-electron chi connectivity index (χ1n) is 9.61. The molecule has 2 aliphatic rings. The van der Waals surface area contributed by atoms with E-state index < -0.39 is 5.91 Å². The van der Waals surface area contributed by atoms with Crippen molar-refractivity contribution in [2.75, 3.05) is 31.7 Å². The first-order valence-corrected chi connectivity index (χ1v) is 9.61. The number of carbonyl (C=O) groups is 1. The molecule has 5 rings (SSSR count). The van der Waals surface area contributed by atoms with Crippen LogP contribution >= 0.6 is 0 Å². The lowest BCUT2D eigenvalue weighted by atomic mass is 10.0. The molecule has 1 saturated heterocycles. The average Bonchev–Trinajstić information content (AvgIpc) is 3.17. The lowest BCUT2D eigenvalue weighted by Crippen LogP contribution is -2.41. The fourth-order valence-corrected chi connectivity index (χ4v) is 3.75. The second-order valence-electron chi connectivity index (χ2n) is 7.25. The molecule has 8 nitrogen and oxygen atoms in total. The van der Waals surface area contributed by atoms with E-state index in [0.717, 1.165) is 42.1 Å². The normalized spacial score (nSPS) is 16.4. The molecular weight excluding hydrogens is 370 g/mol. The monoisotopic (exact) mass is 391 g/mol. The zero-order valence-electron chi connectivity index (χ0n) is 15.8. The van der Waals surface area contributed by atoms with Crippen LogP contribution in [0, 0.1) is 0 Å². The van der Waals surface area contributed by atoms with E-state index in [1.807, 2.05) is 24.3 Å². The van der Waals surface area contributed by atoms with Gasteiger partial charge in [0.1, 0.15) is 12.1 Å². The van der Waals surface area contributed by atoms with Crippen LogP contribution in [0.25, 0.3) is 10.9 Å². The van der Waals surface area contributed by atoms with Crippen LogP contribution in [0.3, 0.4) is 0 Å². The highest BCUT2D eigenvalue weighted by Crippen LogP contribution is 2.36. The Balaban J connectivity index is 1.52. The molecule has 148 valence electrons. The van der Waals surface area contributed by atoms with Gasteiger partial charge < -0.3 is 25.4 Å². The summed E-state index contributed by atoms with van der Waals surface area (Å²) >= 11 is 0. The number of hydrogen-bond donors (Lipinski definition) is 2. The molecule has 1 amide bonds. The molecule has 3 heterocycles. The summed E-state index contributed by atoms with van der Waals surface area (Å²) in [6.07, 6.45) is 2.67. The third-order valence-electron chi connectivity index (χ3n) is 5.43. The predicted molar refractivity (Wildman–Crippen MR) is 108 cm³/mol. The van der Waals surface area contributed by atoms with Gasteiger partial charge in [-0.05, 0) is 49.3 Å². The summed E-state index contributed by atoms with van der Waals surface area (Å²) in [6, 6.07) is 11.3. The lowest BCUT2D eigenvalue weighted by Gasteiger charge is -2.35. The van der Waals surface area contributed by atoms with Gasteiger partial charge in [0.2, 0.25) is 6.79 Å². The SMILES string of the molecule is NC(=O)c1cccc2c(NC(CN3CCC3)c3ccc4c(c3)OCO4)ncnc12. The predicted octanol–water partition coefficient (Wildman–Crippen LogP) is 2.32. The summed E-state index contributed by atoms with van der Waals surface area (Å²) in [5.74, 6) is 1.67. The first-order chi connectivity index (χ1) is 14.2. The van der Waals surface area contributed by atoms with Gasteiger partial charge in [-0.3, -0.25) is 4.79 Å². The van der Waals surface area contributed by atoms with Crippen molar-refractivity contribution in [3.05, 3.63) is 53.9 Å². The molecule has 0 aliphatic carbocycles. The number of para-hydroxylation sites is 1. The van der Waals surface area contributed by atoms with Crippen LogP contribution in [0.1, 0.15) is 28.4 Å². The molecule has 3 aromatic rings. The van der Waals surface area contributed by atoms with Gasteiger partial charge in [0.25, 0.3) is 5.91 Å². The maximum Gasteiger partial charge on any atom is 0.250 e. The van der Waals surface area contributed by atoms with Crippen LogP contribution in [-0.2, 0) is 0 Å². The average molecular weight is 391 g/mol. The zero-order chi connectivity index (χ0) is 19.8. The van der Waals surface area contributed by atoms with Gasteiger partial charge in [0.05, 0.1) is 17.1 Å². The molecule has 29 heavy (non-hydrogen) atoms. The molecule has 0 radical (unpaired) electrons. The zero-order valence-corrected chi connectivity index (χ0v) is 15.8. The minimum atomic E-state index is -0.506. The van der Waals surface area contributed by atoms with Crippen molar-refractivity contribution < 1.29 is 14.3 Å². The van der Waals surface area contributed by atoms with Crippen molar-refractivity contribution in [1.82, 2.24) is 14.9 Å². The van der Waals surface area contributed by atoms with E-state index >= 15 is 0 Å². The molecule has 1 fully saturated rings. The Bertz CT molecular complexity index is 1080. The molecule has 3 N–H and O–H groups in total. The van der Waals surface area contributed by atoms with Gasteiger partial charge >= 0.3 is 0 Å². The highest BCUT2D eigenvalue weighted by molar-refractivity contribution is 6.06. The fourth-order valence-electron chi connectivity index (χ4n) is 3.75. The highest BCUT2D eigenvalue weighted by Gasteiger charge is 2.24. The number of nitrogens with zero attached hydrogens (tertiary/aromatic N) is 3. The Labute approximate surface area is 167 Å². The quantitative estimate of drug-likeness (QED) is 0.665. The number of nitrogens with two attached hydrogens (primary N) is 1. The van der Waals surface area contributed by atoms with Crippen molar-refractivity contribution in [2.45, 2.75) is 12.5 Å². The third-order valence-corrected chi connectivity index (χ3v) is 5.43. The number of amides is 1. The number of fused-ring (bicyclic) bond motifs is 2. The standard InChI is InChI=1S/C21H21N5O3/c22-20(27)14-3-1-4-15-19(14)23-11-24-21(15)25-16(10-26-7-2-8-26)13-5-6-17-18(9-13)29-12-28-17/h1,3-6,9,11,16H,2,7-8,10,12H2,(H2,22,27)(H,23,24,25). The number of likely N-dealkylation sites (tertiary alicyclic amines) is 1. The van der Waals surface area contributed by atoms with Crippen LogP contribution in [0.5, 0.6) is 11.5 Å². The number of benzene rings is 2. The van der Waals surface area contributed by atoms with Crippen LogP contribution in [0.15, 0.2) is 42.7 Å². The van der Waals surface area contributed by atoms with Gasteiger partial charge in [0, 0.05) is 11.9 Å². The van der Waals surface area contributed by atoms with Crippen molar-refractivity contribution >= 4 is 22.6 Å². The molecule has 1 aromatic heterocycles. The summed E-state index contributed by atoms with van der Waals surface area (Å²) in [5, 5.41) is 4.32. The van der Waals surface area contributed by atoms with Crippen molar-refractivity contribution in [1.29, 1.82) is 0 Å². The topological polar surface area (TPSA) is 103 Å². The Hall–Kier alpha value is -3.39. The molecular formula is C21H21N5O3. The summed E-state index contributed by atoms with van der Waals surface area (Å²) in [7, 11) is 0. The number of anilines is 1. The maximum absolute atomic E-state index is 11.8. The Morgan fingerprint density at radius 2 is 2.03 bits per heavy atom. The van der Waals surface area contributed by atoms with E-state index in [2.05, 4.69) is 20.2 Å². The Morgan fingerprint density at radius 1 is 1.17 bits per heavy atom. The van der Waals surface area contributed by atoms with Crippen LogP contribution < -0.4 is 20.5 Å². The van der Waals surface area contributed by atoms with E-state index in [1.165, 1.54) is 12.7 Å². The molecule has 1 atom stereocenters. The van der Waals surface area contributed by atoms with Crippen LogP contribution in [0.2, 0.25) is 0 Å². The molecule has 0 saturated carbocycles. The Morgan fingerprint density at radius 3 is 2.83 bits per heavy atom. The van der Waals surface area contributed by atoms with E-state index in [4.69, 9.17) is 15.2 Å². The Kier molecular flexibility index (Phi) is 4.40. The summed E-state index contributed by atoms with van der Waals surface area (Å²) < 4.78 is 11.0. The number of nitrogens with one attached hydrogen (secondary N) is 1. The molecule has 1 unspecified atom stereocenters. The second kappa shape index (κ2) is 7.21. The number of hydrogen-bond acceptors (Lipinski definition) is 7. The number of aromatic nitrogens is 2. The summed E-state index contributed by atoms with van der Waals surface area (Å²) in [6.45, 7) is 3.24. The molecule has 8 heteroatoms. The number of primary amides is 1. The van der Waals surface area contributed by atoms with Gasteiger partial charge in [0.15, 0.2) is 11.5 Å². The fraction of sp³-hybridized carbons (Fsp3) is 0.286. The number of rotatable bonds is 6. The van der Waals surface area contributed by atoms with Crippen molar-refractivity contribution in [3.8, 4) is 11.5 Å². The minimum absolute atomic E-state index is 0.0138. The minimum Gasteiger partial charge on any atom is -0.454 e. The van der Waals surface area contributed by atoms with Gasteiger partial charge in [-0.1, -0.05) is 12.1 Å². The van der Waals surface area contributed by atoms with E-state index in [1.54, 1.807) is 12.1 Å². The van der Waals surface area contributed by atoms with E-state index in [-0.39, 0.29) is 12.8 Å². The van der Waals surface area contributed by atoms with Gasteiger partial charge in [-0.15, -0.1) is 0 Å². The largest absolute Gasteiger partial charge is 0.454 e. The molecule has 0 bridgehead atoms. The first kappa shape index (κ1) is 17.7. The number of carbonyl (C=O) groups excluding carboxylic acids is 1. The highest BCUT2D eigenvalue weighted by atomic mass is 16.7. The molecule has 2 aliphatic heterocycles. The van der Waals surface area contributed by atoms with Gasteiger partial charge in [-0.25, -0.2) is 9.97 Å². The molecule has 2 aromatic carbocycles. The summed E-state index contributed by atoms with van der Waals surface area (Å²) in [4.78, 5) is 22.9. The van der Waals surface area contributed by atoms with Crippen molar-refractivity contribution in [3.63, 3.8) is 0 Å². The van der Waals surface area contributed by atoms with Crippen molar-refractivity contribution in [2.24, 2.45) is 5.73 Å². The molecule has 0 spiro atoms. The smallest absolute Gasteiger partial charge is 0.250 e. The summed E-state index contributed by atoms with van der Waals surface area (Å²) in [5.41, 5.74) is 7.53.